The van der Waals surface area contributed by atoms with Gasteiger partial charge in [-0.15, -0.1) is 21.8 Å². The summed E-state index contributed by atoms with van der Waals surface area (Å²) in [4.78, 5) is 0. The summed E-state index contributed by atoms with van der Waals surface area (Å²) in [6.45, 7) is 3.97. The van der Waals surface area contributed by atoms with Crippen LogP contribution >= 0.6 is 27.5 Å². The first-order valence-electron chi connectivity index (χ1n) is 5.50. The van der Waals surface area contributed by atoms with Gasteiger partial charge in [0, 0.05) is 10.5 Å². The molecule has 1 aromatic carbocycles. The van der Waals surface area contributed by atoms with Crippen LogP contribution in [-0.2, 0) is 5.88 Å². The molecule has 0 bridgehead atoms. The van der Waals surface area contributed by atoms with Crippen molar-refractivity contribution < 1.29 is 4.39 Å². The van der Waals surface area contributed by atoms with E-state index in [0.717, 1.165) is 0 Å². The fraction of sp³-hybridized carbons (Fsp3) is 0.333. The average Bonchev–Trinajstić information content (AvgIpc) is 2.72. The molecular formula is C12H12BrClFN3. The van der Waals surface area contributed by atoms with Crippen molar-refractivity contribution in [3.05, 3.63) is 34.3 Å². The Morgan fingerprint density at radius 2 is 2.11 bits per heavy atom. The molecule has 0 spiro atoms. The zero-order chi connectivity index (χ0) is 13.3. The lowest BCUT2D eigenvalue weighted by atomic mass is 10.2. The average molecular weight is 333 g/mol. The van der Waals surface area contributed by atoms with Crippen molar-refractivity contribution in [2.45, 2.75) is 25.8 Å². The third-order valence-corrected chi connectivity index (χ3v) is 3.49. The molecule has 0 aliphatic heterocycles. The van der Waals surface area contributed by atoms with E-state index in [1.165, 1.54) is 6.07 Å². The van der Waals surface area contributed by atoms with Gasteiger partial charge in [-0.05, 0) is 41.9 Å². The lowest BCUT2D eigenvalue weighted by molar-refractivity contribution is 0.578. The van der Waals surface area contributed by atoms with Crippen molar-refractivity contribution >= 4 is 27.5 Å². The predicted molar refractivity (Wildman–Crippen MR) is 73.1 cm³/mol. The second-order valence-corrected chi connectivity index (χ2v) is 5.26. The number of benzene rings is 1. The van der Waals surface area contributed by atoms with Crippen LogP contribution in [0, 0.1) is 5.82 Å². The standard InChI is InChI=1S/C12H12BrClFN3/c1-7(2)18-10(6-14)16-17-12(18)11-8(13)4-3-5-9(11)15/h3-5,7H,6H2,1-2H3. The van der Waals surface area contributed by atoms with Crippen molar-refractivity contribution in [1.82, 2.24) is 14.8 Å². The maximum Gasteiger partial charge on any atom is 0.168 e. The molecule has 0 fully saturated rings. The van der Waals surface area contributed by atoms with E-state index in [4.69, 9.17) is 11.6 Å². The van der Waals surface area contributed by atoms with Crippen LogP contribution in [0.25, 0.3) is 11.4 Å². The highest BCUT2D eigenvalue weighted by Gasteiger charge is 2.20. The maximum absolute atomic E-state index is 13.9. The van der Waals surface area contributed by atoms with Gasteiger partial charge in [-0.2, -0.15) is 0 Å². The zero-order valence-corrected chi connectivity index (χ0v) is 12.3. The lowest BCUT2D eigenvalue weighted by Crippen LogP contribution is -2.08. The Bertz CT molecular complexity index is 548. The topological polar surface area (TPSA) is 30.7 Å². The molecule has 0 N–H and O–H groups in total. The minimum Gasteiger partial charge on any atom is -0.307 e. The van der Waals surface area contributed by atoms with Crippen LogP contribution in [0.1, 0.15) is 25.7 Å². The molecule has 0 amide bonds. The quantitative estimate of drug-likeness (QED) is 0.790. The molecule has 3 nitrogen and oxygen atoms in total. The number of halogens is 3. The van der Waals surface area contributed by atoms with E-state index in [1.54, 1.807) is 12.1 Å². The van der Waals surface area contributed by atoms with E-state index in [2.05, 4.69) is 26.1 Å². The summed E-state index contributed by atoms with van der Waals surface area (Å²) in [7, 11) is 0. The SMILES string of the molecule is CC(C)n1c(CCl)nnc1-c1c(F)cccc1Br. The normalized spacial score (nSPS) is 11.2. The Labute approximate surface area is 118 Å². The summed E-state index contributed by atoms with van der Waals surface area (Å²) in [5, 5.41) is 8.07. The van der Waals surface area contributed by atoms with Crippen LogP contribution in [0.5, 0.6) is 0 Å². The summed E-state index contributed by atoms with van der Waals surface area (Å²) >= 11 is 9.17. The van der Waals surface area contributed by atoms with E-state index >= 15 is 0 Å². The third kappa shape index (κ3) is 2.29. The van der Waals surface area contributed by atoms with E-state index in [1.807, 2.05) is 18.4 Å². The highest BCUT2D eigenvalue weighted by atomic mass is 79.9. The molecule has 0 atom stereocenters. The lowest BCUT2D eigenvalue weighted by Gasteiger charge is -2.14. The molecule has 0 saturated heterocycles. The number of nitrogens with zero attached hydrogens (tertiary/aromatic N) is 3. The van der Waals surface area contributed by atoms with Gasteiger partial charge in [0.25, 0.3) is 0 Å². The number of aromatic nitrogens is 3. The fourth-order valence-corrected chi connectivity index (χ4v) is 2.54. The molecule has 18 heavy (non-hydrogen) atoms. The molecule has 6 heteroatoms. The summed E-state index contributed by atoms with van der Waals surface area (Å²) < 4.78 is 16.4. The van der Waals surface area contributed by atoms with Crippen LogP contribution in [0.15, 0.2) is 22.7 Å². The van der Waals surface area contributed by atoms with Gasteiger partial charge in [0.05, 0.1) is 11.4 Å². The Balaban J connectivity index is 2.68. The van der Waals surface area contributed by atoms with Gasteiger partial charge in [0.15, 0.2) is 5.82 Å². The fourth-order valence-electron chi connectivity index (χ4n) is 1.84. The van der Waals surface area contributed by atoms with Crippen LogP contribution in [0.2, 0.25) is 0 Å². The molecule has 0 saturated carbocycles. The van der Waals surface area contributed by atoms with Crippen molar-refractivity contribution in [3.8, 4) is 11.4 Å². The second kappa shape index (κ2) is 5.36. The van der Waals surface area contributed by atoms with Gasteiger partial charge >= 0.3 is 0 Å². The van der Waals surface area contributed by atoms with Crippen LogP contribution < -0.4 is 0 Å². The summed E-state index contributed by atoms with van der Waals surface area (Å²) in [5.41, 5.74) is 0.412. The Hall–Kier alpha value is -0.940. The Morgan fingerprint density at radius 1 is 1.39 bits per heavy atom. The maximum atomic E-state index is 13.9. The van der Waals surface area contributed by atoms with Crippen LogP contribution in [-0.4, -0.2) is 14.8 Å². The molecule has 0 aliphatic rings. The Kier molecular flexibility index (Phi) is 4.02. The summed E-state index contributed by atoms with van der Waals surface area (Å²) in [5.74, 6) is 1.04. The van der Waals surface area contributed by atoms with E-state index < -0.39 is 0 Å². The predicted octanol–water partition coefficient (Wildman–Crippen LogP) is 4.17. The van der Waals surface area contributed by atoms with Crippen molar-refractivity contribution in [1.29, 1.82) is 0 Å². The summed E-state index contributed by atoms with van der Waals surface area (Å²) in [6.07, 6.45) is 0. The largest absolute Gasteiger partial charge is 0.307 e. The second-order valence-electron chi connectivity index (χ2n) is 4.13. The zero-order valence-electron chi connectivity index (χ0n) is 9.99. The minimum atomic E-state index is -0.334. The van der Waals surface area contributed by atoms with Crippen molar-refractivity contribution in [3.63, 3.8) is 0 Å². The molecule has 2 rings (SSSR count). The van der Waals surface area contributed by atoms with Gasteiger partial charge in [-0.3, -0.25) is 0 Å². The molecule has 0 radical (unpaired) electrons. The highest BCUT2D eigenvalue weighted by Crippen LogP contribution is 2.31. The van der Waals surface area contributed by atoms with E-state index in [0.29, 0.717) is 21.7 Å². The molecule has 1 heterocycles. The summed E-state index contributed by atoms with van der Waals surface area (Å²) in [6, 6.07) is 4.93. The molecule has 0 unspecified atom stereocenters. The number of alkyl halides is 1. The van der Waals surface area contributed by atoms with Gasteiger partial charge in [-0.25, -0.2) is 4.39 Å². The van der Waals surface area contributed by atoms with Gasteiger partial charge in [0.1, 0.15) is 11.6 Å². The smallest absolute Gasteiger partial charge is 0.168 e. The van der Waals surface area contributed by atoms with Crippen molar-refractivity contribution in [2.24, 2.45) is 0 Å². The third-order valence-electron chi connectivity index (χ3n) is 2.59. The monoisotopic (exact) mass is 331 g/mol. The molecular weight excluding hydrogens is 321 g/mol. The molecule has 96 valence electrons. The molecule has 0 aliphatic carbocycles. The van der Waals surface area contributed by atoms with E-state index in [-0.39, 0.29) is 17.7 Å². The highest BCUT2D eigenvalue weighted by molar-refractivity contribution is 9.10. The van der Waals surface area contributed by atoms with Crippen molar-refractivity contribution in [2.75, 3.05) is 0 Å². The first-order chi connectivity index (χ1) is 8.56. The van der Waals surface area contributed by atoms with Gasteiger partial charge in [0.2, 0.25) is 0 Å². The van der Waals surface area contributed by atoms with E-state index in [9.17, 15) is 4.39 Å². The minimum absolute atomic E-state index is 0.107. The Morgan fingerprint density at radius 3 is 2.67 bits per heavy atom. The van der Waals surface area contributed by atoms with Gasteiger partial charge in [-0.1, -0.05) is 6.07 Å². The number of rotatable bonds is 3. The van der Waals surface area contributed by atoms with Crippen LogP contribution in [0.4, 0.5) is 4.39 Å². The first-order valence-corrected chi connectivity index (χ1v) is 6.83. The van der Waals surface area contributed by atoms with Crippen LogP contribution in [0.3, 0.4) is 0 Å². The number of hydrogen-bond donors (Lipinski definition) is 0. The first kappa shape index (κ1) is 13.5. The molecule has 2 aromatic rings. The number of hydrogen-bond acceptors (Lipinski definition) is 2. The van der Waals surface area contributed by atoms with Gasteiger partial charge < -0.3 is 4.57 Å². The molecule has 1 aromatic heterocycles.